The number of hydroxylamine groups is 1. The molecule has 0 aliphatic carbocycles. The number of nitrogens with zero attached hydrogens (tertiary/aromatic N) is 1. The van der Waals surface area contributed by atoms with E-state index in [2.05, 4.69) is 0 Å². The van der Waals surface area contributed by atoms with Gasteiger partial charge in [0.1, 0.15) is 4.90 Å². The standard InChI is InChI=1S/C9H13NO5S/c1-3-7(2)10(11)6-8-9(4-5-15-8)16(12,13)14/h4-7H,3H2,1-2H3,(H,12,13,14). The molecule has 6 nitrogen and oxygen atoms in total. The summed E-state index contributed by atoms with van der Waals surface area (Å²) in [5.41, 5.74) is 0. The predicted molar refractivity (Wildman–Crippen MR) is 57.1 cm³/mol. The molecule has 1 heterocycles. The van der Waals surface area contributed by atoms with Crippen molar-refractivity contribution in [2.75, 3.05) is 0 Å². The van der Waals surface area contributed by atoms with Gasteiger partial charge in [-0.15, -0.1) is 0 Å². The van der Waals surface area contributed by atoms with Crippen molar-refractivity contribution in [2.45, 2.75) is 31.2 Å². The largest absolute Gasteiger partial charge is 0.624 e. The molecule has 1 N–H and O–H groups in total. The summed E-state index contributed by atoms with van der Waals surface area (Å²) in [6.45, 7) is 3.52. The van der Waals surface area contributed by atoms with Gasteiger partial charge in [0.15, 0.2) is 6.04 Å². The van der Waals surface area contributed by atoms with E-state index in [4.69, 9.17) is 8.97 Å². The maximum atomic E-state index is 11.4. The average molecular weight is 247 g/mol. The van der Waals surface area contributed by atoms with Crippen LogP contribution in [0.25, 0.3) is 0 Å². The molecule has 7 heteroatoms. The smallest absolute Gasteiger partial charge is 0.298 e. The van der Waals surface area contributed by atoms with Gasteiger partial charge < -0.3 is 9.62 Å². The molecule has 0 saturated carbocycles. The number of rotatable bonds is 4. The summed E-state index contributed by atoms with van der Waals surface area (Å²) in [5, 5.41) is 11.4. The lowest BCUT2D eigenvalue weighted by molar-refractivity contribution is -0.492. The quantitative estimate of drug-likeness (QED) is 0.284. The van der Waals surface area contributed by atoms with Crippen LogP contribution in [0.15, 0.2) is 21.6 Å². The minimum absolute atomic E-state index is 0.169. The summed E-state index contributed by atoms with van der Waals surface area (Å²) in [6.07, 6.45) is 2.72. The van der Waals surface area contributed by atoms with E-state index in [-0.39, 0.29) is 11.8 Å². The topological polar surface area (TPSA) is 93.6 Å². The Morgan fingerprint density at radius 3 is 2.81 bits per heavy atom. The van der Waals surface area contributed by atoms with Crippen molar-refractivity contribution in [3.8, 4) is 0 Å². The predicted octanol–water partition coefficient (Wildman–Crippen LogP) is 1.25. The van der Waals surface area contributed by atoms with Crippen LogP contribution in [0.5, 0.6) is 0 Å². The van der Waals surface area contributed by atoms with Crippen molar-refractivity contribution in [1.29, 1.82) is 0 Å². The Hall–Kier alpha value is -1.34. The monoisotopic (exact) mass is 247 g/mol. The Morgan fingerprint density at radius 2 is 2.31 bits per heavy atom. The third-order valence-corrected chi connectivity index (χ3v) is 3.10. The number of hydrogen-bond donors (Lipinski definition) is 1. The van der Waals surface area contributed by atoms with E-state index in [1.165, 1.54) is 0 Å². The normalized spacial score (nSPS) is 15.1. The third-order valence-electron chi connectivity index (χ3n) is 2.20. The highest BCUT2D eigenvalue weighted by Gasteiger charge is 2.20. The molecule has 0 amide bonds. The van der Waals surface area contributed by atoms with Crippen LogP contribution in [0.1, 0.15) is 26.0 Å². The van der Waals surface area contributed by atoms with Crippen LogP contribution in [0.2, 0.25) is 0 Å². The summed E-state index contributed by atoms with van der Waals surface area (Å²) >= 11 is 0. The SMILES string of the molecule is CCC(C)[N+]([O-])=Cc1occc1S(=O)(=O)O. The highest BCUT2D eigenvalue weighted by atomic mass is 32.2. The summed E-state index contributed by atoms with van der Waals surface area (Å²) in [5.74, 6) is -0.169. The molecule has 0 bridgehead atoms. The Balaban J connectivity index is 3.12. The van der Waals surface area contributed by atoms with E-state index in [1.54, 1.807) is 6.92 Å². The fraction of sp³-hybridized carbons (Fsp3) is 0.444. The van der Waals surface area contributed by atoms with E-state index in [0.29, 0.717) is 11.2 Å². The molecule has 0 spiro atoms. The van der Waals surface area contributed by atoms with Gasteiger partial charge in [0.25, 0.3) is 10.1 Å². The lowest BCUT2D eigenvalue weighted by Crippen LogP contribution is -2.18. The highest BCUT2D eigenvalue weighted by molar-refractivity contribution is 7.86. The first-order valence-corrected chi connectivity index (χ1v) is 6.15. The fourth-order valence-electron chi connectivity index (χ4n) is 1.04. The molecule has 1 aromatic heterocycles. The van der Waals surface area contributed by atoms with E-state index in [9.17, 15) is 13.6 Å². The van der Waals surface area contributed by atoms with Crippen molar-refractivity contribution in [3.63, 3.8) is 0 Å². The zero-order valence-electron chi connectivity index (χ0n) is 8.95. The molecular weight excluding hydrogens is 234 g/mol. The summed E-state index contributed by atoms with van der Waals surface area (Å²) < 4.78 is 36.0. The lowest BCUT2D eigenvalue weighted by atomic mass is 10.3. The molecule has 1 unspecified atom stereocenters. The van der Waals surface area contributed by atoms with Crippen LogP contribution in [-0.2, 0) is 10.1 Å². The molecule has 0 radical (unpaired) electrons. The van der Waals surface area contributed by atoms with E-state index in [0.717, 1.165) is 18.5 Å². The van der Waals surface area contributed by atoms with Gasteiger partial charge >= 0.3 is 0 Å². The first-order valence-electron chi connectivity index (χ1n) is 4.71. The second-order valence-corrected chi connectivity index (χ2v) is 4.76. The van der Waals surface area contributed by atoms with Crippen molar-refractivity contribution >= 4 is 16.3 Å². The van der Waals surface area contributed by atoms with Gasteiger partial charge in [-0.3, -0.25) is 4.55 Å². The van der Waals surface area contributed by atoms with Crippen LogP contribution in [0, 0.1) is 5.21 Å². The molecular formula is C9H13NO5S. The van der Waals surface area contributed by atoms with E-state index < -0.39 is 15.0 Å². The second-order valence-electron chi connectivity index (χ2n) is 3.37. The Kier molecular flexibility index (Phi) is 3.71. The van der Waals surface area contributed by atoms with Crippen LogP contribution in [-0.4, -0.2) is 30.0 Å². The fourth-order valence-corrected chi connectivity index (χ4v) is 1.62. The van der Waals surface area contributed by atoms with Gasteiger partial charge in [-0.05, 0) is 13.0 Å². The van der Waals surface area contributed by atoms with Gasteiger partial charge in [-0.2, -0.15) is 8.42 Å². The molecule has 1 atom stereocenters. The zero-order valence-corrected chi connectivity index (χ0v) is 9.77. The van der Waals surface area contributed by atoms with Crippen LogP contribution in [0.4, 0.5) is 0 Å². The maximum absolute atomic E-state index is 11.4. The zero-order chi connectivity index (χ0) is 12.3. The molecule has 0 fully saturated rings. The van der Waals surface area contributed by atoms with Gasteiger partial charge in [-0.1, -0.05) is 6.92 Å². The van der Waals surface area contributed by atoms with E-state index >= 15 is 0 Å². The first-order chi connectivity index (χ1) is 7.36. The van der Waals surface area contributed by atoms with Crippen molar-refractivity contribution < 1.29 is 22.1 Å². The minimum Gasteiger partial charge on any atom is -0.624 e. The van der Waals surface area contributed by atoms with Crippen molar-refractivity contribution in [3.05, 3.63) is 23.3 Å². The van der Waals surface area contributed by atoms with Crippen LogP contribution in [0.3, 0.4) is 0 Å². The number of hydrogen-bond acceptors (Lipinski definition) is 4. The summed E-state index contributed by atoms with van der Waals surface area (Å²) in [6, 6.07) is 0.797. The van der Waals surface area contributed by atoms with Gasteiger partial charge in [0.05, 0.1) is 6.26 Å². The molecule has 16 heavy (non-hydrogen) atoms. The third kappa shape index (κ3) is 2.83. The maximum Gasteiger partial charge on any atom is 0.298 e. The Bertz CT molecular complexity index is 488. The van der Waals surface area contributed by atoms with Gasteiger partial charge in [-0.25, -0.2) is 4.74 Å². The summed E-state index contributed by atoms with van der Waals surface area (Å²) in [4.78, 5) is -0.406. The molecule has 0 aliphatic heterocycles. The molecule has 0 saturated heterocycles. The van der Waals surface area contributed by atoms with E-state index in [1.807, 2.05) is 6.92 Å². The molecule has 1 rings (SSSR count). The Morgan fingerprint density at radius 1 is 1.69 bits per heavy atom. The highest BCUT2D eigenvalue weighted by Crippen LogP contribution is 2.14. The van der Waals surface area contributed by atoms with Crippen LogP contribution < -0.4 is 0 Å². The minimum atomic E-state index is -4.36. The van der Waals surface area contributed by atoms with Gasteiger partial charge in [0.2, 0.25) is 12.0 Å². The van der Waals surface area contributed by atoms with Crippen LogP contribution >= 0.6 is 0 Å². The first kappa shape index (κ1) is 12.7. The second kappa shape index (κ2) is 4.67. The molecule has 0 aliphatic rings. The average Bonchev–Trinajstić information content (AvgIpc) is 2.63. The molecule has 90 valence electrons. The lowest BCUT2D eigenvalue weighted by Gasteiger charge is -2.09. The Labute approximate surface area is 93.5 Å². The molecule has 1 aromatic rings. The summed E-state index contributed by atoms with van der Waals surface area (Å²) in [7, 11) is -4.36. The van der Waals surface area contributed by atoms with Crippen molar-refractivity contribution in [1.82, 2.24) is 0 Å². The van der Waals surface area contributed by atoms with Crippen molar-refractivity contribution in [2.24, 2.45) is 0 Å². The molecule has 0 aromatic carbocycles. The number of furan rings is 1. The van der Waals surface area contributed by atoms with Gasteiger partial charge in [0, 0.05) is 6.42 Å².